The van der Waals surface area contributed by atoms with Crippen LogP contribution in [0, 0.1) is 17.2 Å². The molecule has 3 rings (SSSR count). The zero-order chi connectivity index (χ0) is 22.1. The van der Waals surface area contributed by atoms with Crippen molar-refractivity contribution in [1.82, 2.24) is 10.2 Å². The number of carbonyl (C=O) groups is 3. The number of nitrogens with two attached hydrogens (primary N) is 1. The molecule has 1 aromatic carbocycles. The normalized spacial score (nSPS) is 24.2. The van der Waals surface area contributed by atoms with Gasteiger partial charge in [0.15, 0.2) is 0 Å². The molecule has 0 bridgehead atoms. The number of rotatable bonds is 8. The highest BCUT2D eigenvalue weighted by Gasteiger charge is 2.60. The third kappa shape index (κ3) is 4.54. The van der Waals surface area contributed by atoms with Gasteiger partial charge in [-0.25, -0.2) is 0 Å². The van der Waals surface area contributed by atoms with Crippen LogP contribution in [0.2, 0.25) is 0 Å². The van der Waals surface area contributed by atoms with Crippen LogP contribution in [0.1, 0.15) is 25.3 Å². The second kappa shape index (κ2) is 8.81. The first kappa shape index (κ1) is 22.4. The summed E-state index contributed by atoms with van der Waals surface area (Å²) < 4.78 is -0.797. The Morgan fingerprint density at radius 2 is 1.97 bits per heavy atom. The lowest BCUT2D eigenvalue weighted by Gasteiger charge is -2.24. The predicted molar refractivity (Wildman–Crippen MR) is 116 cm³/mol. The summed E-state index contributed by atoms with van der Waals surface area (Å²) in [5.41, 5.74) is 5.63. The van der Waals surface area contributed by atoms with Crippen molar-refractivity contribution in [2.45, 2.75) is 30.1 Å². The molecule has 0 spiro atoms. The van der Waals surface area contributed by atoms with E-state index < -0.39 is 16.3 Å². The van der Waals surface area contributed by atoms with E-state index in [1.54, 1.807) is 29.2 Å². The number of benzene rings is 1. The number of nitrogens with zero attached hydrogens (tertiary/aromatic N) is 1. The fraction of sp³-hybridized carbons (Fsp3) is 0.500. The van der Waals surface area contributed by atoms with E-state index in [1.165, 1.54) is 0 Å². The van der Waals surface area contributed by atoms with Crippen LogP contribution in [0.15, 0.2) is 24.3 Å². The summed E-state index contributed by atoms with van der Waals surface area (Å²) in [5, 5.41) is 13.6. The molecular formula is C20H25Cl2N5O3. The van der Waals surface area contributed by atoms with Gasteiger partial charge in [0.1, 0.15) is 16.1 Å². The number of amides is 3. The highest BCUT2D eigenvalue weighted by atomic mass is 35.5. The molecule has 1 aliphatic carbocycles. The maximum atomic E-state index is 12.8. The minimum atomic E-state index is -0.852. The van der Waals surface area contributed by atoms with Crippen molar-refractivity contribution >= 4 is 52.3 Å². The standard InChI is InChI=1S/C20H25Cl2N5O3/c1-11-13(20(11,21)22)9-26-19(30)15-7-4-8-27(15)16(28)10-25-14-6-3-2-5-12(14)17(23)18(24)29/h2-3,5-6,11,13,15,23,25H,4,7-10H2,1H3,(H2,24,29)(H,26,30). The molecule has 1 aliphatic heterocycles. The number of carbonyl (C=O) groups excluding carboxylic acids is 3. The SMILES string of the molecule is CC1C(CNC(=O)C2CCCN2C(=O)CNc2ccccc2C(=N)C(N)=O)C1(Cl)Cl. The highest BCUT2D eigenvalue weighted by molar-refractivity contribution is 6.51. The lowest BCUT2D eigenvalue weighted by atomic mass is 10.1. The van der Waals surface area contributed by atoms with Crippen LogP contribution in [0.25, 0.3) is 0 Å². The Morgan fingerprint density at radius 1 is 1.30 bits per heavy atom. The third-order valence-corrected chi connectivity index (χ3v) is 7.09. The van der Waals surface area contributed by atoms with Gasteiger partial charge in [0.05, 0.1) is 6.54 Å². The molecule has 1 saturated carbocycles. The zero-order valence-corrected chi connectivity index (χ0v) is 18.1. The molecule has 0 radical (unpaired) electrons. The number of likely N-dealkylation sites (tertiary alicyclic amines) is 1. The smallest absolute Gasteiger partial charge is 0.267 e. The summed E-state index contributed by atoms with van der Waals surface area (Å²) >= 11 is 12.3. The molecule has 2 aliphatic rings. The molecule has 30 heavy (non-hydrogen) atoms. The summed E-state index contributed by atoms with van der Waals surface area (Å²) in [4.78, 5) is 38.2. The fourth-order valence-corrected chi connectivity index (χ4v) is 4.51. The van der Waals surface area contributed by atoms with E-state index in [2.05, 4.69) is 10.6 Å². The summed E-state index contributed by atoms with van der Waals surface area (Å²) in [6.07, 6.45) is 1.33. The Kier molecular flexibility index (Phi) is 6.57. The van der Waals surface area contributed by atoms with E-state index in [9.17, 15) is 14.4 Å². The van der Waals surface area contributed by atoms with E-state index in [0.717, 1.165) is 6.42 Å². The molecule has 3 amide bonds. The lowest BCUT2D eigenvalue weighted by Crippen LogP contribution is -2.48. The summed E-state index contributed by atoms with van der Waals surface area (Å²) in [7, 11) is 0. The van der Waals surface area contributed by atoms with Gasteiger partial charge in [0.2, 0.25) is 11.8 Å². The van der Waals surface area contributed by atoms with Gasteiger partial charge in [-0.15, -0.1) is 23.2 Å². The van der Waals surface area contributed by atoms with Crippen LogP contribution in [0.3, 0.4) is 0 Å². The maximum Gasteiger partial charge on any atom is 0.267 e. The fourth-order valence-electron chi connectivity index (χ4n) is 3.80. The van der Waals surface area contributed by atoms with Gasteiger partial charge in [0, 0.05) is 30.3 Å². The average molecular weight is 454 g/mol. The largest absolute Gasteiger partial charge is 0.376 e. The van der Waals surface area contributed by atoms with Gasteiger partial charge in [-0.05, 0) is 24.8 Å². The molecule has 10 heteroatoms. The molecule has 1 saturated heterocycles. The molecule has 1 aromatic rings. The highest BCUT2D eigenvalue weighted by Crippen LogP contribution is 2.58. The Hall–Kier alpha value is -2.32. The molecular weight excluding hydrogens is 429 g/mol. The van der Waals surface area contributed by atoms with E-state index >= 15 is 0 Å². The Bertz CT molecular complexity index is 876. The van der Waals surface area contributed by atoms with Crippen molar-refractivity contribution in [1.29, 1.82) is 5.41 Å². The average Bonchev–Trinajstić information content (AvgIpc) is 3.06. The number of primary amides is 1. The molecule has 3 atom stereocenters. The number of hydrogen-bond acceptors (Lipinski definition) is 5. The van der Waals surface area contributed by atoms with E-state index in [0.29, 0.717) is 30.8 Å². The molecule has 3 unspecified atom stereocenters. The topological polar surface area (TPSA) is 128 Å². The Morgan fingerprint density at radius 3 is 2.60 bits per heavy atom. The van der Waals surface area contributed by atoms with E-state index in [-0.39, 0.29) is 35.9 Å². The van der Waals surface area contributed by atoms with Crippen molar-refractivity contribution in [2.24, 2.45) is 17.6 Å². The van der Waals surface area contributed by atoms with Crippen LogP contribution < -0.4 is 16.4 Å². The van der Waals surface area contributed by atoms with Crippen LogP contribution in [0.5, 0.6) is 0 Å². The van der Waals surface area contributed by atoms with E-state index in [1.807, 2.05) is 6.92 Å². The van der Waals surface area contributed by atoms with Crippen LogP contribution >= 0.6 is 23.2 Å². The van der Waals surface area contributed by atoms with Crippen LogP contribution in [-0.2, 0) is 14.4 Å². The van der Waals surface area contributed by atoms with Gasteiger partial charge >= 0.3 is 0 Å². The van der Waals surface area contributed by atoms with Crippen molar-refractivity contribution in [3.63, 3.8) is 0 Å². The summed E-state index contributed by atoms with van der Waals surface area (Å²) in [5.74, 6) is -1.17. The van der Waals surface area contributed by atoms with E-state index in [4.69, 9.17) is 34.3 Å². The first-order valence-electron chi connectivity index (χ1n) is 9.81. The second-order valence-corrected chi connectivity index (χ2v) is 9.14. The maximum absolute atomic E-state index is 12.8. The van der Waals surface area contributed by atoms with Gasteiger partial charge in [0.25, 0.3) is 5.91 Å². The minimum absolute atomic E-state index is 0.00841. The third-order valence-electron chi connectivity index (χ3n) is 5.84. The number of hydrogen-bond donors (Lipinski definition) is 4. The molecule has 162 valence electrons. The van der Waals surface area contributed by atoms with Crippen molar-refractivity contribution < 1.29 is 14.4 Å². The Balaban J connectivity index is 1.57. The second-order valence-electron chi connectivity index (χ2n) is 7.70. The number of anilines is 1. The van der Waals surface area contributed by atoms with Gasteiger partial charge < -0.3 is 21.3 Å². The first-order chi connectivity index (χ1) is 14.1. The number of para-hydroxylation sites is 1. The lowest BCUT2D eigenvalue weighted by molar-refractivity contribution is -0.137. The molecule has 2 fully saturated rings. The Labute approximate surface area is 185 Å². The van der Waals surface area contributed by atoms with Crippen molar-refractivity contribution in [3.8, 4) is 0 Å². The minimum Gasteiger partial charge on any atom is -0.376 e. The van der Waals surface area contributed by atoms with Crippen LogP contribution in [-0.4, -0.2) is 58.3 Å². The number of halogens is 2. The predicted octanol–water partition coefficient (Wildman–Crippen LogP) is 1.50. The number of nitrogens with one attached hydrogen (secondary N) is 3. The van der Waals surface area contributed by atoms with Crippen molar-refractivity contribution in [2.75, 3.05) is 25.0 Å². The summed E-state index contributed by atoms with van der Waals surface area (Å²) in [6.45, 7) is 2.74. The first-order valence-corrected chi connectivity index (χ1v) is 10.6. The van der Waals surface area contributed by atoms with Gasteiger partial charge in [-0.3, -0.25) is 19.8 Å². The monoisotopic (exact) mass is 453 g/mol. The van der Waals surface area contributed by atoms with Crippen molar-refractivity contribution in [3.05, 3.63) is 29.8 Å². The van der Waals surface area contributed by atoms with Crippen LogP contribution in [0.4, 0.5) is 5.69 Å². The quantitative estimate of drug-likeness (QED) is 0.351. The molecule has 0 aromatic heterocycles. The van der Waals surface area contributed by atoms with Gasteiger partial charge in [-0.1, -0.05) is 25.1 Å². The number of alkyl halides is 2. The molecule has 8 nitrogen and oxygen atoms in total. The summed E-state index contributed by atoms with van der Waals surface area (Å²) in [6, 6.07) is 6.11. The molecule has 1 heterocycles. The molecule has 5 N–H and O–H groups in total. The van der Waals surface area contributed by atoms with Gasteiger partial charge in [-0.2, -0.15) is 0 Å². The zero-order valence-electron chi connectivity index (χ0n) is 16.6.